The molecule has 0 saturated heterocycles. The second-order valence-corrected chi connectivity index (χ2v) is 6.98. The summed E-state index contributed by atoms with van der Waals surface area (Å²) in [6.45, 7) is 1.39. The fourth-order valence-corrected chi connectivity index (χ4v) is 3.33. The summed E-state index contributed by atoms with van der Waals surface area (Å²) < 4.78 is 0.580. The molecule has 6 nitrogen and oxygen atoms in total. The Labute approximate surface area is 144 Å². The molecule has 0 spiro atoms. The monoisotopic (exact) mass is 376 g/mol. The van der Waals surface area contributed by atoms with Crippen molar-refractivity contribution >= 4 is 68.9 Å². The number of carbonyl (C=O) groups is 2. The van der Waals surface area contributed by atoms with Crippen molar-refractivity contribution in [2.24, 2.45) is 0 Å². The highest BCUT2D eigenvalue weighted by atomic mass is 35.5. The minimum absolute atomic E-state index is 0.136. The summed E-state index contributed by atoms with van der Waals surface area (Å²) >= 11 is 14.3. The third-order valence-corrected chi connectivity index (χ3v) is 5.03. The van der Waals surface area contributed by atoms with E-state index in [-0.39, 0.29) is 17.6 Å². The number of hydrogen-bond acceptors (Lipinski definition) is 6. The van der Waals surface area contributed by atoms with E-state index in [0.29, 0.717) is 25.2 Å². The zero-order valence-corrected chi connectivity index (χ0v) is 14.4. The maximum absolute atomic E-state index is 11.9. The minimum atomic E-state index is -0.245. The largest absolute Gasteiger partial charge is 0.324 e. The Hall–Kier alpha value is -1.35. The number of nitrogens with zero attached hydrogens (tertiary/aromatic N) is 2. The van der Waals surface area contributed by atoms with Crippen LogP contribution in [0.5, 0.6) is 0 Å². The Bertz CT molecular complexity index is 708. The number of aromatic nitrogens is 2. The molecular formula is C12H10Cl2N4O2S2. The average Bonchev–Trinajstić information content (AvgIpc) is 2.88. The highest BCUT2D eigenvalue weighted by molar-refractivity contribution is 8.01. The van der Waals surface area contributed by atoms with Gasteiger partial charge < -0.3 is 10.6 Å². The standard InChI is InChI=1S/C12H10Cl2N4O2S2/c1-6(19)15-11-17-18-12(22-11)21-5-9(20)16-8-4-2-3-7(13)10(8)14/h2-4H,5H2,1H3,(H,16,20)(H,15,17,19). The number of hydrogen-bond donors (Lipinski definition) is 2. The van der Waals surface area contributed by atoms with E-state index in [1.54, 1.807) is 18.2 Å². The lowest BCUT2D eigenvalue weighted by molar-refractivity contribution is -0.114. The Morgan fingerprint density at radius 1 is 1.27 bits per heavy atom. The third kappa shape index (κ3) is 4.84. The van der Waals surface area contributed by atoms with Gasteiger partial charge in [-0.25, -0.2) is 0 Å². The van der Waals surface area contributed by atoms with E-state index in [4.69, 9.17) is 23.2 Å². The van der Waals surface area contributed by atoms with Crippen LogP contribution >= 0.6 is 46.3 Å². The van der Waals surface area contributed by atoms with Gasteiger partial charge in [0.1, 0.15) is 0 Å². The molecule has 0 aliphatic carbocycles. The van der Waals surface area contributed by atoms with E-state index >= 15 is 0 Å². The zero-order valence-electron chi connectivity index (χ0n) is 11.2. The molecule has 0 fully saturated rings. The number of amides is 2. The summed E-state index contributed by atoms with van der Waals surface area (Å²) in [5, 5.41) is 13.9. The van der Waals surface area contributed by atoms with E-state index in [2.05, 4.69) is 20.8 Å². The van der Waals surface area contributed by atoms with Gasteiger partial charge in [-0.1, -0.05) is 52.4 Å². The third-order valence-electron chi connectivity index (χ3n) is 2.24. The zero-order chi connectivity index (χ0) is 16.1. The molecule has 2 rings (SSSR count). The number of benzene rings is 1. The molecule has 2 aromatic rings. The fourth-order valence-electron chi connectivity index (χ4n) is 1.38. The summed E-state index contributed by atoms with van der Waals surface area (Å²) in [5.41, 5.74) is 0.455. The summed E-state index contributed by atoms with van der Waals surface area (Å²) in [7, 11) is 0. The van der Waals surface area contributed by atoms with Crippen LogP contribution in [0.25, 0.3) is 0 Å². The first-order chi connectivity index (χ1) is 10.5. The van der Waals surface area contributed by atoms with Crippen molar-refractivity contribution < 1.29 is 9.59 Å². The van der Waals surface area contributed by atoms with Crippen LogP contribution in [0.15, 0.2) is 22.5 Å². The van der Waals surface area contributed by atoms with Crippen molar-refractivity contribution in [1.82, 2.24) is 10.2 Å². The predicted octanol–water partition coefficient (Wildman–Crippen LogP) is 3.53. The van der Waals surface area contributed by atoms with Crippen molar-refractivity contribution in [3.8, 4) is 0 Å². The summed E-state index contributed by atoms with van der Waals surface area (Å²) in [4.78, 5) is 22.8. The van der Waals surface area contributed by atoms with Crippen LogP contribution < -0.4 is 10.6 Å². The van der Waals surface area contributed by atoms with Crippen molar-refractivity contribution in [2.75, 3.05) is 16.4 Å². The molecule has 0 aliphatic rings. The number of rotatable bonds is 5. The van der Waals surface area contributed by atoms with Gasteiger partial charge in [0.15, 0.2) is 4.34 Å². The molecule has 0 unspecified atom stereocenters. The fraction of sp³-hybridized carbons (Fsp3) is 0.167. The lowest BCUT2D eigenvalue weighted by atomic mass is 10.3. The normalized spacial score (nSPS) is 10.3. The smallest absolute Gasteiger partial charge is 0.234 e. The molecule has 116 valence electrons. The van der Waals surface area contributed by atoms with Crippen molar-refractivity contribution in [3.05, 3.63) is 28.2 Å². The van der Waals surface area contributed by atoms with Crippen molar-refractivity contribution in [2.45, 2.75) is 11.3 Å². The van der Waals surface area contributed by atoms with Gasteiger partial charge in [0.05, 0.1) is 21.5 Å². The van der Waals surface area contributed by atoms with Crippen LogP contribution in [-0.4, -0.2) is 27.8 Å². The van der Waals surface area contributed by atoms with E-state index in [1.807, 2.05) is 0 Å². The molecule has 22 heavy (non-hydrogen) atoms. The summed E-state index contributed by atoms with van der Waals surface area (Å²) in [6.07, 6.45) is 0. The molecule has 1 aromatic heterocycles. The SMILES string of the molecule is CC(=O)Nc1nnc(SCC(=O)Nc2cccc(Cl)c2Cl)s1. The maximum atomic E-state index is 11.9. The predicted molar refractivity (Wildman–Crippen MR) is 90.0 cm³/mol. The van der Waals surface area contributed by atoms with Crippen LogP contribution in [0.2, 0.25) is 10.0 Å². The first-order valence-corrected chi connectivity index (χ1v) is 8.49. The molecule has 0 atom stereocenters. The molecule has 1 aromatic carbocycles. The van der Waals surface area contributed by atoms with Crippen LogP contribution in [0.3, 0.4) is 0 Å². The molecule has 1 heterocycles. The van der Waals surface area contributed by atoms with Gasteiger partial charge in [0.25, 0.3) is 0 Å². The van der Waals surface area contributed by atoms with Gasteiger partial charge in [-0.15, -0.1) is 10.2 Å². The van der Waals surface area contributed by atoms with Crippen molar-refractivity contribution in [3.63, 3.8) is 0 Å². The summed E-state index contributed by atoms with van der Waals surface area (Å²) in [6, 6.07) is 5.00. The Kier molecular flexibility index (Phi) is 6.01. The molecule has 10 heteroatoms. The van der Waals surface area contributed by atoms with Crippen LogP contribution in [0, 0.1) is 0 Å². The van der Waals surface area contributed by atoms with Gasteiger partial charge in [0.2, 0.25) is 16.9 Å². The first-order valence-electron chi connectivity index (χ1n) is 5.93. The van der Waals surface area contributed by atoms with E-state index in [1.165, 1.54) is 30.0 Å². The molecular weight excluding hydrogens is 367 g/mol. The molecule has 0 bridgehead atoms. The second-order valence-electron chi connectivity index (χ2n) is 3.99. The topological polar surface area (TPSA) is 84.0 Å². The highest BCUT2D eigenvalue weighted by Gasteiger charge is 2.11. The highest BCUT2D eigenvalue weighted by Crippen LogP contribution is 2.30. The quantitative estimate of drug-likeness (QED) is 0.615. The Morgan fingerprint density at radius 2 is 2.05 bits per heavy atom. The van der Waals surface area contributed by atoms with Gasteiger partial charge in [-0.05, 0) is 12.1 Å². The molecule has 0 saturated carbocycles. The Morgan fingerprint density at radius 3 is 2.77 bits per heavy atom. The lowest BCUT2D eigenvalue weighted by Gasteiger charge is -2.07. The molecule has 0 radical (unpaired) electrons. The molecule has 0 aliphatic heterocycles. The number of halogens is 2. The molecule has 2 amide bonds. The van der Waals surface area contributed by atoms with Gasteiger partial charge >= 0.3 is 0 Å². The second kappa shape index (κ2) is 7.77. The number of anilines is 2. The minimum Gasteiger partial charge on any atom is -0.324 e. The number of thioether (sulfide) groups is 1. The van der Waals surface area contributed by atoms with Crippen molar-refractivity contribution in [1.29, 1.82) is 0 Å². The van der Waals surface area contributed by atoms with E-state index in [0.717, 1.165) is 0 Å². The van der Waals surface area contributed by atoms with Crippen LogP contribution in [0.4, 0.5) is 10.8 Å². The van der Waals surface area contributed by atoms with Crippen LogP contribution in [0.1, 0.15) is 6.92 Å². The van der Waals surface area contributed by atoms with Gasteiger partial charge in [0, 0.05) is 6.92 Å². The van der Waals surface area contributed by atoms with Crippen LogP contribution in [-0.2, 0) is 9.59 Å². The van der Waals surface area contributed by atoms with E-state index in [9.17, 15) is 9.59 Å². The van der Waals surface area contributed by atoms with E-state index < -0.39 is 0 Å². The number of carbonyl (C=O) groups excluding carboxylic acids is 2. The van der Waals surface area contributed by atoms with Gasteiger partial charge in [-0.3, -0.25) is 9.59 Å². The van der Waals surface area contributed by atoms with Gasteiger partial charge in [-0.2, -0.15) is 0 Å². The number of nitrogens with one attached hydrogen (secondary N) is 2. The first kappa shape index (κ1) is 17.0. The maximum Gasteiger partial charge on any atom is 0.234 e. The lowest BCUT2D eigenvalue weighted by Crippen LogP contribution is -2.14. The molecule has 2 N–H and O–H groups in total. The Balaban J connectivity index is 1.89. The summed E-state index contributed by atoms with van der Waals surface area (Å²) in [5.74, 6) is -0.330. The average molecular weight is 377 g/mol.